The number of aliphatic hydroxyl groups is 1. The minimum atomic E-state index is -0.278. The van der Waals surface area contributed by atoms with E-state index in [1.54, 1.807) is 14.2 Å². The maximum atomic E-state index is 14.0. The van der Waals surface area contributed by atoms with Gasteiger partial charge in [-0.2, -0.15) is 0 Å². The van der Waals surface area contributed by atoms with Gasteiger partial charge in [0.25, 0.3) is 5.19 Å². The van der Waals surface area contributed by atoms with Crippen molar-refractivity contribution in [2.75, 3.05) is 25.7 Å². The van der Waals surface area contributed by atoms with E-state index >= 15 is 0 Å². The highest BCUT2D eigenvalue weighted by Gasteiger charge is 2.34. The van der Waals surface area contributed by atoms with Crippen molar-refractivity contribution in [1.82, 2.24) is 4.98 Å². The number of aliphatic hydroxyl groups excluding tert-OH is 1. The summed E-state index contributed by atoms with van der Waals surface area (Å²) in [7, 11) is 3.36. The molecule has 0 aliphatic heterocycles. The van der Waals surface area contributed by atoms with Crippen molar-refractivity contribution in [2.24, 2.45) is 17.8 Å². The van der Waals surface area contributed by atoms with Gasteiger partial charge in [-0.3, -0.25) is 4.79 Å². The van der Waals surface area contributed by atoms with Crippen molar-refractivity contribution >= 4 is 22.9 Å². The summed E-state index contributed by atoms with van der Waals surface area (Å²) in [5.74, 6) is 2.60. The number of nitrogens with zero attached hydrogens (tertiary/aromatic N) is 2. The van der Waals surface area contributed by atoms with Crippen molar-refractivity contribution in [3.63, 3.8) is 0 Å². The second-order valence-corrected chi connectivity index (χ2v) is 12.7. The predicted molar refractivity (Wildman–Crippen MR) is 161 cm³/mol. The standard InChI is InChI=1S/C33H42N2O4S/c1-21-16-23(8-14-29(21)25-11-15-30(38-3)22(2)17-25)20-35(32(37)24-9-12-28(36)13-10-24)27-7-5-6-26(18-27)31-19-34-33(39-4)40-31/h5-7,11,15,17-19,21,23-24,28-29,36H,8-10,12-14,16,20H2,1-4H3/t21?,23-,24?,28?,29-/m1/s1. The fraction of sp³-hybridized carbons (Fsp3) is 0.515. The van der Waals surface area contributed by atoms with Crippen LogP contribution in [0.15, 0.2) is 48.7 Å². The number of carbonyl (C=O) groups is 1. The maximum absolute atomic E-state index is 14.0. The first-order valence-electron chi connectivity index (χ1n) is 14.6. The molecule has 7 heteroatoms. The second-order valence-electron chi connectivity index (χ2n) is 11.7. The lowest BCUT2D eigenvalue weighted by Gasteiger charge is -2.38. The average Bonchev–Trinajstić information content (AvgIpc) is 3.46. The molecule has 2 saturated carbocycles. The quantitative estimate of drug-likeness (QED) is 0.313. The molecular weight excluding hydrogens is 520 g/mol. The Bertz CT molecular complexity index is 1300. The molecule has 1 heterocycles. The smallest absolute Gasteiger partial charge is 0.273 e. The molecule has 3 aromatic rings. The Morgan fingerprint density at radius 1 is 1.05 bits per heavy atom. The molecule has 2 aromatic carbocycles. The summed E-state index contributed by atoms with van der Waals surface area (Å²) in [6.07, 6.45) is 7.78. The van der Waals surface area contributed by atoms with E-state index in [2.05, 4.69) is 60.1 Å². The minimum absolute atomic E-state index is 0.0356. The Labute approximate surface area is 242 Å². The predicted octanol–water partition coefficient (Wildman–Crippen LogP) is 7.24. The van der Waals surface area contributed by atoms with Gasteiger partial charge in [0.05, 0.1) is 25.2 Å². The van der Waals surface area contributed by atoms with E-state index in [0.29, 0.717) is 35.8 Å². The van der Waals surface area contributed by atoms with Gasteiger partial charge in [-0.1, -0.05) is 42.5 Å². The van der Waals surface area contributed by atoms with Gasteiger partial charge in [0.1, 0.15) is 5.75 Å². The number of rotatable bonds is 8. The highest BCUT2D eigenvalue weighted by atomic mass is 32.1. The molecule has 0 spiro atoms. The van der Waals surface area contributed by atoms with E-state index in [0.717, 1.165) is 60.5 Å². The first kappa shape index (κ1) is 28.6. The number of amides is 1. The number of carbonyl (C=O) groups excluding carboxylic acids is 1. The van der Waals surface area contributed by atoms with Gasteiger partial charge < -0.3 is 19.5 Å². The van der Waals surface area contributed by atoms with Crippen LogP contribution >= 0.6 is 11.3 Å². The van der Waals surface area contributed by atoms with Crippen LogP contribution in [0.25, 0.3) is 10.4 Å². The van der Waals surface area contributed by atoms with Gasteiger partial charge in [0.15, 0.2) is 0 Å². The van der Waals surface area contributed by atoms with Gasteiger partial charge >= 0.3 is 0 Å². The van der Waals surface area contributed by atoms with Crippen molar-refractivity contribution in [2.45, 2.75) is 70.8 Å². The molecule has 40 heavy (non-hydrogen) atoms. The van der Waals surface area contributed by atoms with Crippen LogP contribution in [0.1, 0.15) is 68.9 Å². The molecular formula is C33H42N2O4S. The van der Waals surface area contributed by atoms with Crippen LogP contribution in [0.2, 0.25) is 0 Å². The van der Waals surface area contributed by atoms with Gasteiger partial charge in [-0.05, 0) is 105 Å². The summed E-state index contributed by atoms with van der Waals surface area (Å²) >= 11 is 1.51. The summed E-state index contributed by atoms with van der Waals surface area (Å²) in [6, 6.07) is 14.9. The molecule has 0 bridgehead atoms. The fourth-order valence-electron chi connectivity index (χ4n) is 6.74. The molecule has 2 aliphatic rings. The molecule has 1 aromatic heterocycles. The van der Waals surface area contributed by atoms with Gasteiger partial charge in [-0.25, -0.2) is 4.98 Å². The number of aryl methyl sites for hydroxylation is 1. The molecule has 6 nitrogen and oxygen atoms in total. The fourth-order valence-corrected chi connectivity index (χ4v) is 7.47. The molecule has 0 saturated heterocycles. The number of hydrogen-bond acceptors (Lipinski definition) is 6. The van der Waals surface area contributed by atoms with Gasteiger partial charge in [0, 0.05) is 24.3 Å². The second kappa shape index (κ2) is 12.7. The number of hydrogen-bond donors (Lipinski definition) is 1. The van der Waals surface area contributed by atoms with Crippen molar-refractivity contribution in [3.8, 4) is 21.4 Å². The van der Waals surface area contributed by atoms with Crippen LogP contribution in [0.3, 0.4) is 0 Å². The summed E-state index contributed by atoms with van der Waals surface area (Å²) < 4.78 is 10.8. The lowest BCUT2D eigenvalue weighted by molar-refractivity contribution is -0.124. The first-order chi connectivity index (χ1) is 19.4. The largest absolute Gasteiger partial charge is 0.496 e. The zero-order chi connectivity index (χ0) is 28.2. The summed E-state index contributed by atoms with van der Waals surface area (Å²) in [4.78, 5) is 21.5. The number of ether oxygens (including phenoxy) is 2. The average molecular weight is 563 g/mol. The molecule has 5 rings (SSSR count). The highest BCUT2D eigenvalue weighted by Crippen LogP contribution is 2.42. The molecule has 1 amide bonds. The van der Waals surface area contributed by atoms with Crippen molar-refractivity contribution < 1.29 is 19.4 Å². The monoisotopic (exact) mass is 562 g/mol. The van der Waals surface area contributed by atoms with Crippen LogP contribution in [0.4, 0.5) is 5.69 Å². The van der Waals surface area contributed by atoms with Crippen molar-refractivity contribution in [3.05, 3.63) is 59.8 Å². The maximum Gasteiger partial charge on any atom is 0.273 e. The zero-order valence-electron chi connectivity index (χ0n) is 24.1. The molecule has 1 unspecified atom stereocenters. The van der Waals surface area contributed by atoms with Crippen LogP contribution in [-0.2, 0) is 4.79 Å². The lowest BCUT2D eigenvalue weighted by Crippen LogP contribution is -2.42. The number of anilines is 1. The van der Waals surface area contributed by atoms with Crippen molar-refractivity contribution in [1.29, 1.82) is 0 Å². The van der Waals surface area contributed by atoms with Gasteiger partial charge in [0.2, 0.25) is 5.91 Å². The first-order valence-corrected chi connectivity index (χ1v) is 15.4. The van der Waals surface area contributed by atoms with E-state index in [4.69, 9.17) is 9.47 Å². The topological polar surface area (TPSA) is 71.9 Å². The van der Waals surface area contributed by atoms with Gasteiger partial charge in [-0.15, -0.1) is 0 Å². The number of aromatic nitrogens is 1. The third kappa shape index (κ3) is 6.36. The molecule has 3 atom stereocenters. The molecule has 1 N–H and O–H groups in total. The third-order valence-corrected chi connectivity index (χ3v) is 9.99. The minimum Gasteiger partial charge on any atom is -0.496 e. The van der Waals surface area contributed by atoms with E-state index in [9.17, 15) is 9.90 Å². The Morgan fingerprint density at radius 2 is 1.85 bits per heavy atom. The summed E-state index contributed by atoms with van der Waals surface area (Å²) in [5, 5.41) is 10.7. The van der Waals surface area contributed by atoms with E-state index in [1.807, 2.05) is 12.3 Å². The van der Waals surface area contributed by atoms with E-state index in [1.165, 1.54) is 22.5 Å². The Morgan fingerprint density at radius 3 is 2.52 bits per heavy atom. The van der Waals surface area contributed by atoms with Crippen LogP contribution in [0.5, 0.6) is 10.9 Å². The summed E-state index contributed by atoms with van der Waals surface area (Å²) in [6.45, 7) is 5.21. The normalized spacial score (nSPS) is 24.9. The zero-order valence-corrected chi connectivity index (χ0v) is 25.0. The van der Waals surface area contributed by atoms with E-state index < -0.39 is 0 Å². The number of thiazole rings is 1. The Balaban J connectivity index is 1.36. The molecule has 214 valence electrons. The molecule has 0 radical (unpaired) electrons. The van der Waals surface area contributed by atoms with Crippen LogP contribution in [-0.4, -0.2) is 42.9 Å². The highest BCUT2D eigenvalue weighted by molar-refractivity contribution is 7.16. The van der Waals surface area contributed by atoms with Crippen LogP contribution < -0.4 is 14.4 Å². The Kier molecular flexibility index (Phi) is 9.11. The molecule has 2 fully saturated rings. The Hall–Kier alpha value is -2.90. The SMILES string of the molecule is COc1ncc(-c2cccc(N(C[C@@H]3CC[C@@H](c4ccc(OC)c(C)c4)C(C)C3)C(=O)C3CCC(O)CC3)c2)s1. The van der Waals surface area contributed by atoms with E-state index in [-0.39, 0.29) is 17.9 Å². The summed E-state index contributed by atoms with van der Waals surface area (Å²) in [5.41, 5.74) is 4.57. The third-order valence-electron chi connectivity index (χ3n) is 8.98. The number of methoxy groups -OCH3 is 2. The number of benzene rings is 2. The lowest BCUT2D eigenvalue weighted by atomic mass is 9.71. The molecule has 2 aliphatic carbocycles. The van der Waals surface area contributed by atoms with Crippen LogP contribution in [0, 0.1) is 24.7 Å².